The van der Waals surface area contributed by atoms with Crippen molar-refractivity contribution >= 4 is 17.7 Å². The number of nitrogens with two attached hydrogens (primary N) is 3. The van der Waals surface area contributed by atoms with Crippen LogP contribution < -0.4 is 17.2 Å². The third kappa shape index (κ3) is 4.61. The first-order chi connectivity index (χ1) is 16.1. The van der Waals surface area contributed by atoms with Crippen molar-refractivity contribution in [1.29, 1.82) is 0 Å². The number of hydrogen-bond acceptors (Lipinski definition) is 5. The van der Waals surface area contributed by atoms with Crippen LogP contribution in [0.2, 0.25) is 0 Å². The summed E-state index contributed by atoms with van der Waals surface area (Å²) in [4.78, 5) is 28.9. The Balaban J connectivity index is 1.34. The smallest absolute Gasteiger partial charge is 0.323 e. The number of rotatable bonds is 7. The maximum absolute atomic E-state index is 12.6. The second kappa shape index (κ2) is 9.79. The van der Waals surface area contributed by atoms with Crippen LogP contribution in [0, 0.1) is 40.4 Å². The highest BCUT2D eigenvalue weighted by Gasteiger charge is 2.60. The van der Waals surface area contributed by atoms with Crippen LogP contribution in [0.1, 0.15) is 91.4 Å². The number of fused-ring (bicyclic) bond motifs is 5. The Morgan fingerprint density at radius 3 is 2.41 bits per heavy atom. The van der Waals surface area contributed by atoms with Gasteiger partial charge in [0.15, 0.2) is 5.96 Å². The van der Waals surface area contributed by atoms with Gasteiger partial charge < -0.3 is 21.9 Å². The molecular formula is C27H46N4O3. The molecule has 0 aromatic carbocycles. The molecule has 0 aromatic heterocycles. The highest BCUT2D eigenvalue weighted by Crippen LogP contribution is 2.67. The zero-order chi connectivity index (χ0) is 24.7. The van der Waals surface area contributed by atoms with Crippen LogP contribution in [-0.2, 0) is 14.3 Å². The highest BCUT2D eigenvalue weighted by atomic mass is 16.5. The fraction of sp³-hybridized carbons (Fsp3) is 0.889. The number of hydrogen-bond donors (Lipinski definition) is 3. The normalized spacial score (nSPS) is 42.0. The van der Waals surface area contributed by atoms with Crippen LogP contribution in [0.15, 0.2) is 4.99 Å². The lowest BCUT2D eigenvalue weighted by molar-refractivity contribution is -0.164. The monoisotopic (exact) mass is 474 g/mol. The Kier molecular flexibility index (Phi) is 7.33. The molecule has 4 aliphatic carbocycles. The van der Waals surface area contributed by atoms with E-state index >= 15 is 0 Å². The van der Waals surface area contributed by atoms with Gasteiger partial charge in [0.05, 0.1) is 0 Å². The summed E-state index contributed by atoms with van der Waals surface area (Å²) in [5.41, 5.74) is 17.3. The highest BCUT2D eigenvalue weighted by molar-refractivity contribution is 5.79. The van der Waals surface area contributed by atoms with Crippen molar-refractivity contribution in [3.05, 3.63) is 0 Å². The van der Waals surface area contributed by atoms with Crippen molar-refractivity contribution in [2.45, 2.75) is 104 Å². The molecule has 4 rings (SSSR count). The van der Waals surface area contributed by atoms with E-state index in [1.54, 1.807) is 6.92 Å². The van der Waals surface area contributed by atoms with Crippen LogP contribution in [0.3, 0.4) is 0 Å². The molecule has 0 aromatic rings. The fourth-order valence-electron chi connectivity index (χ4n) is 8.88. The average molecular weight is 475 g/mol. The van der Waals surface area contributed by atoms with Crippen LogP contribution in [-0.4, -0.2) is 36.4 Å². The molecular weight excluding hydrogens is 428 g/mol. The molecule has 0 amide bonds. The van der Waals surface area contributed by atoms with E-state index in [-0.39, 0.29) is 29.4 Å². The summed E-state index contributed by atoms with van der Waals surface area (Å²) >= 11 is 0. The third-order valence-corrected chi connectivity index (χ3v) is 10.7. The van der Waals surface area contributed by atoms with Gasteiger partial charge in [0, 0.05) is 12.5 Å². The summed E-state index contributed by atoms with van der Waals surface area (Å²) in [5, 5.41) is 0. The Labute approximate surface area is 205 Å². The second-order valence-electron chi connectivity index (χ2n) is 12.3. The van der Waals surface area contributed by atoms with Crippen molar-refractivity contribution in [2.24, 2.45) is 62.6 Å². The molecule has 9 atom stereocenters. The Morgan fingerprint density at radius 1 is 1.00 bits per heavy atom. The molecule has 0 aliphatic heterocycles. The first-order valence-corrected chi connectivity index (χ1v) is 13.6. The minimum atomic E-state index is -0.620. The van der Waals surface area contributed by atoms with Crippen LogP contribution in [0.4, 0.5) is 0 Å². The number of ketones is 1. The Bertz CT molecular complexity index is 812. The van der Waals surface area contributed by atoms with Crippen molar-refractivity contribution in [1.82, 2.24) is 0 Å². The zero-order valence-electron chi connectivity index (χ0n) is 21.4. The van der Waals surface area contributed by atoms with E-state index in [1.807, 2.05) is 0 Å². The predicted molar refractivity (Wildman–Crippen MR) is 134 cm³/mol. The molecule has 0 saturated heterocycles. The Morgan fingerprint density at radius 2 is 1.71 bits per heavy atom. The van der Waals surface area contributed by atoms with Gasteiger partial charge in [-0.15, -0.1) is 0 Å². The molecule has 7 nitrogen and oxygen atoms in total. The Hall–Kier alpha value is -1.63. The van der Waals surface area contributed by atoms with Gasteiger partial charge in [-0.3, -0.25) is 14.6 Å². The summed E-state index contributed by atoms with van der Waals surface area (Å²) in [7, 11) is 0. The minimum Gasteiger partial charge on any atom is -0.461 e. The number of Topliss-reactive ketones (excluding diaryl/α,β-unsaturated/α-hetero) is 1. The molecule has 34 heavy (non-hydrogen) atoms. The quantitative estimate of drug-likeness (QED) is 0.224. The van der Waals surface area contributed by atoms with E-state index in [2.05, 4.69) is 18.8 Å². The van der Waals surface area contributed by atoms with Gasteiger partial charge in [-0.1, -0.05) is 13.8 Å². The van der Waals surface area contributed by atoms with Gasteiger partial charge in [-0.25, -0.2) is 0 Å². The topological polar surface area (TPSA) is 134 Å². The van der Waals surface area contributed by atoms with Crippen molar-refractivity contribution in [3.8, 4) is 0 Å². The first-order valence-electron chi connectivity index (χ1n) is 13.6. The number of nitrogens with zero attached hydrogens (tertiary/aromatic N) is 1. The van der Waals surface area contributed by atoms with Crippen molar-refractivity contribution in [2.75, 3.05) is 6.54 Å². The SMILES string of the molecule is CC(=O)[C@H]1CCC2C3CCC4CC(OC(=O)[C@@H](N)CCCN=C(N)N)CC[C@]4(C)C3CC[C@@]21C. The molecule has 192 valence electrons. The number of ether oxygens (including phenoxy) is 1. The number of carbonyl (C=O) groups is 2. The van der Waals surface area contributed by atoms with Gasteiger partial charge in [0.25, 0.3) is 0 Å². The third-order valence-electron chi connectivity index (χ3n) is 10.7. The van der Waals surface area contributed by atoms with Gasteiger partial charge >= 0.3 is 5.97 Å². The number of aliphatic imine (C=N–C) groups is 1. The number of carbonyl (C=O) groups excluding carboxylic acids is 2. The van der Waals surface area contributed by atoms with E-state index in [0.717, 1.165) is 37.5 Å². The van der Waals surface area contributed by atoms with E-state index in [4.69, 9.17) is 21.9 Å². The maximum atomic E-state index is 12.6. The summed E-state index contributed by atoms with van der Waals surface area (Å²) in [6, 6.07) is -0.620. The van der Waals surface area contributed by atoms with Gasteiger partial charge in [-0.2, -0.15) is 0 Å². The van der Waals surface area contributed by atoms with Crippen LogP contribution in [0.5, 0.6) is 0 Å². The maximum Gasteiger partial charge on any atom is 0.323 e. The average Bonchev–Trinajstić information content (AvgIpc) is 3.14. The fourth-order valence-corrected chi connectivity index (χ4v) is 8.88. The molecule has 0 spiro atoms. The standard InChI is InChI=1S/C27H46N4O3/c1-16(32)20-8-9-21-19-7-6-17-15-18(34-24(33)23(28)5-4-14-31-25(29)30)10-12-26(17,2)22(19)11-13-27(20,21)3/h17-23H,4-15,28H2,1-3H3,(H4,29,30,31)/t17?,18?,19?,20-,21?,22?,23+,26+,27-/m1/s1. The lowest BCUT2D eigenvalue weighted by Gasteiger charge is -2.61. The second-order valence-corrected chi connectivity index (χ2v) is 12.3. The predicted octanol–water partition coefficient (Wildman–Crippen LogP) is 3.53. The van der Waals surface area contributed by atoms with Gasteiger partial charge in [0.1, 0.15) is 17.9 Å². The van der Waals surface area contributed by atoms with E-state index in [1.165, 1.54) is 32.1 Å². The molecule has 6 N–H and O–H groups in total. The van der Waals surface area contributed by atoms with E-state index in [0.29, 0.717) is 42.4 Å². The van der Waals surface area contributed by atoms with E-state index < -0.39 is 6.04 Å². The van der Waals surface area contributed by atoms with Gasteiger partial charge in [0.2, 0.25) is 0 Å². The largest absolute Gasteiger partial charge is 0.461 e. The van der Waals surface area contributed by atoms with Crippen LogP contribution >= 0.6 is 0 Å². The zero-order valence-corrected chi connectivity index (χ0v) is 21.4. The molecule has 0 heterocycles. The lowest BCUT2D eigenvalue weighted by atomic mass is 9.44. The molecule has 4 aliphatic rings. The van der Waals surface area contributed by atoms with Crippen molar-refractivity contribution in [3.63, 3.8) is 0 Å². The van der Waals surface area contributed by atoms with Crippen LogP contribution in [0.25, 0.3) is 0 Å². The van der Waals surface area contributed by atoms with Crippen molar-refractivity contribution < 1.29 is 14.3 Å². The first kappa shape index (κ1) is 25.5. The molecule has 4 saturated carbocycles. The number of esters is 1. The summed E-state index contributed by atoms with van der Waals surface area (Å²) in [6.45, 7) is 7.21. The molecule has 5 unspecified atom stereocenters. The molecule has 7 heteroatoms. The minimum absolute atomic E-state index is 0.0201. The molecule has 0 bridgehead atoms. The van der Waals surface area contributed by atoms with Gasteiger partial charge in [-0.05, 0) is 112 Å². The lowest BCUT2D eigenvalue weighted by Crippen LogP contribution is -2.54. The molecule has 4 fully saturated rings. The van der Waals surface area contributed by atoms with E-state index in [9.17, 15) is 9.59 Å². The summed E-state index contributed by atoms with van der Waals surface area (Å²) in [6.07, 6.45) is 11.4. The molecule has 0 radical (unpaired) electrons. The summed E-state index contributed by atoms with van der Waals surface area (Å²) in [5.74, 6) is 3.24. The summed E-state index contributed by atoms with van der Waals surface area (Å²) < 4.78 is 5.90. The number of guanidine groups is 1.